The Labute approximate surface area is 204 Å². The van der Waals surface area contributed by atoms with E-state index in [0.29, 0.717) is 38.1 Å². The van der Waals surface area contributed by atoms with Crippen LogP contribution in [-0.2, 0) is 17.7 Å². The molecule has 0 spiro atoms. The molecule has 0 bridgehead atoms. The average molecular weight is 466 g/mol. The van der Waals surface area contributed by atoms with Crippen LogP contribution in [0.15, 0.2) is 60.7 Å². The quantitative estimate of drug-likeness (QED) is 0.363. The SMILES string of the molecule is CCc1nn(-c2ccccc2)c(Oc2ccccc2)c1CN(CC(O)COCC(C)C)C(C)C. The molecule has 0 aliphatic heterocycles. The lowest BCUT2D eigenvalue weighted by Gasteiger charge is -2.29. The maximum atomic E-state index is 10.7. The zero-order valence-electron chi connectivity index (χ0n) is 21.1. The van der Waals surface area contributed by atoms with Gasteiger partial charge < -0.3 is 14.6 Å². The monoisotopic (exact) mass is 465 g/mol. The minimum absolute atomic E-state index is 0.231. The van der Waals surface area contributed by atoms with Crippen LogP contribution in [0.5, 0.6) is 11.6 Å². The van der Waals surface area contributed by atoms with E-state index in [1.165, 1.54) is 0 Å². The molecule has 34 heavy (non-hydrogen) atoms. The Morgan fingerprint density at radius 2 is 1.59 bits per heavy atom. The van der Waals surface area contributed by atoms with Gasteiger partial charge in [0.25, 0.3) is 0 Å². The highest BCUT2D eigenvalue weighted by Gasteiger charge is 2.25. The van der Waals surface area contributed by atoms with Crippen molar-refractivity contribution in [3.8, 4) is 17.3 Å². The van der Waals surface area contributed by atoms with E-state index in [1.807, 2.05) is 65.3 Å². The van der Waals surface area contributed by atoms with E-state index in [0.717, 1.165) is 29.1 Å². The Bertz CT molecular complexity index is 987. The summed E-state index contributed by atoms with van der Waals surface area (Å²) in [6.45, 7) is 12.7. The summed E-state index contributed by atoms with van der Waals surface area (Å²) in [4.78, 5) is 2.26. The fraction of sp³-hybridized carbons (Fsp3) is 0.464. The molecular weight excluding hydrogens is 426 g/mol. The summed E-state index contributed by atoms with van der Waals surface area (Å²) in [6.07, 6.45) is 0.223. The smallest absolute Gasteiger partial charge is 0.227 e. The largest absolute Gasteiger partial charge is 0.439 e. The number of para-hydroxylation sites is 2. The Morgan fingerprint density at radius 3 is 2.18 bits per heavy atom. The molecule has 0 aliphatic carbocycles. The Balaban J connectivity index is 1.92. The van der Waals surface area contributed by atoms with Gasteiger partial charge in [-0.25, -0.2) is 4.68 Å². The maximum absolute atomic E-state index is 10.7. The van der Waals surface area contributed by atoms with Crippen molar-refractivity contribution in [1.29, 1.82) is 0 Å². The third kappa shape index (κ3) is 7.16. The van der Waals surface area contributed by atoms with Crippen LogP contribution in [0, 0.1) is 5.92 Å². The second kappa shape index (κ2) is 12.7. The van der Waals surface area contributed by atoms with Gasteiger partial charge in [-0.3, -0.25) is 4.90 Å². The van der Waals surface area contributed by atoms with Crippen molar-refractivity contribution in [3.05, 3.63) is 71.9 Å². The number of nitrogens with zero attached hydrogens (tertiary/aromatic N) is 3. The topological polar surface area (TPSA) is 59.8 Å². The molecule has 6 heteroatoms. The van der Waals surface area contributed by atoms with E-state index >= 15 is 0 Å². The lowest BCUT2D eigenvalue weighted by molar-refractivity contribution is 0.00160. The summed E-state index contributed by atoms with van der Waals surface area (Å²) in [6, 6.07) is 20.1. The number of benzene rings is 2. The molecule has 0 saturated carbocycles. The van der Waals surface area contributed by atoms with Gasteiger partial charge in [0, 0.05) is 25.7 Å². The normalized spacial score (nSPS) is 12.6. The molecule has 1 heterocycles. The summed E-state index contributed by atoms with van der Waals surface area (Å²) < 4.78 is 14.0. The first-order valence-electron chi connectivity index (χ1n) is 12.3. The fourth-order valence-corrected chi connectivity index (χ4v) is 3.79. The minimum atomic E-state index is -0.561. The van der Waals surface area contributed by atoms with Crippen LogP contribution in [-0.4, -0.2) is 51.7 Å². The average Bonchev–Trinajstić information content (AvgIpc) is 3.16. The van der Waals surface area contributed by atoms with E-state index in [9.17, 15) is 5.11 Å². The molecule has 0 radical (unpaired) electrons. The van der Waals surface area contributed by atoms with Crippen molar-refractivity contribution in [3.63, 3.8) is 0 Å². The van der Waals surface area contributed by atoms with Gasteiger partial charge in [-0.05, 0) is 50.5 Å². The number of aromatic nitrogens is 2. The Kier molecular flexibility index (Phi) is 9.69. The summed E-state index contributed by atoms with van der Waals surface area (Å²) in [7, 11) is 0. The van der Waals surface area contributed by atoms with Crippen molar-refractivity contribution in [2.45, 2.75) is 59.7 Å². The first-order chi connectivity index (χ1) is 16.4. The third-order valence-corrected chi connectivity index (χ3v) is 5.61. The molecule has 0 saturated heterocycles. The molecule has 1 aromatic heterocycles. The van der Waals surface area contributed by atoms with Gasteiger partial charge in [-0.15, -0.1) is 0 Å². The zero-order valence-corrected chi connectivity index (χ0v) is 21.1. The van der Waals surface area contributed by atoms with Crippen LogP contribution in [0.3, 0.4) is 0 Å². The summed E-state index contributed by atoms with van der Waals surface area (Å²) in [5, 5.41) is 15.6. The lowest BCUT2D eigenvalue weighted by Crippen LogP contribution is -2.39. The molecule has 0 fully saturated rings. The number of ether oxygens (including phenoxy) is 2. The molecular formula is C28H39N3O3. The molecule has 3 rings (SSSR count). The minimum Gasteiger partial charge on any atom is -0.439 e. The number of aryl methyl sites for hydroxylation is 1. The molecule has 2 aromatic carbocycles. The summed E-state index contributed by atoms with van der Waals surface area (Å²) in [5.41, 5.74) is 2.98. The molecule has 1 atom stereocenters. The van der Waals surface area contributed by atoms with E-state index in [1.54, 1.807) is 0 Å². The van der Waals surface area contributed by atoms with E-state index < -0.39 is 6.10 Å². The van der Waals surface area contributed by atoms with Gasteiger partial charge in [0.15, 0.2) is 0 Å². The van der Waals surface area contributed by atoms with E-state index in [2.05, 4.69) is 39.5 Å². The summed E-state index contributed by atoms with van der Waals surface area (Å²) >= 11 is 0. The van der Waals surface area contributed by atoms with Crippen molar-refractivity contribution in [1.82, 2.24) is 14.7 Å². The van der Waals surface area contributed by atoms with Crippen LogP contribution < -0.4 is 4.74 Å². The highest BCUT2D eigenvalue weighted by atomic mass is 16.5. The molecule has 1 unspecified atom stereocenters. The van der Waals surface area contributed by atoms with Crippen LogP contribution >= 0.6 is 0 Å². The Morgan fingerprint density at radius 1 is 0.941 bits per heavy atom. The zero-order chi connectivity index (χ0) is 24.5. The Hall–Kier alpha value is -2.67. The maximum Gasteiger partial charge on any atom is 0.227 e. The van der Waals surface area contributed by atoms with Crippen LogP contribution in [0.4, 0.5) is 0 Å². The van der Waals surface area contributed by atoms with Gasteiger partial charge in [-0.1, -0.05) is 57.2 Å². The molecule has 3 aromatic rings. The summed E-state index contributed by atoms with van der Waals surface area (Å²) in [5.74, 6) is 1.93. The van der Waals surface area contributed by atoms with Crippen LogP contribution in [0.25, 0.3) is 5.69 Å². The van der Waals surface area contributed by atoms with Crippen LogP contribution in [0.2, 0.25) is 0 Å². The van der Waals surface area contributed by atoms with Crippen molar-refractivity contribution in [2.75, 3.05) is 19.8 Å². The number of aliphatic hydroxyl groups is 1. The van der Waals surface area contributed by atoms with Gasteiger partial charge in [0.05, 0.1) is 29.7 Å². The molecule has 1 N–H and O–H groups in total. The molecule has 6 nitrogen and oxygen atoms in total. The molecule has 0 aliphatic rings. The third-order valence-electron chi connectivity index (χ3n) is 5.61. The van der Waals surface area contributed by atoms with Gasteiger partial charge in [-0.2, -0.15) is 5.10 Å². The van der Waals surface area contributed by atoms with Gasteiger partial charge >= 0.3 is 0 Å². The number of hydrogen-bond donors (Lipinski definition) is 1. The van der Waals surface area contributed by atoms with Crippen molar-refractivity contribution < 1.29 is 14.6 Å². The number of rotatable bonds is 13. The van der Waals surface area contributed by atoms with Gasteiger partial charge in [0.1, 0.15) is 5.75 Å². The molecule has 0 amide bonds. The van der Waals surface area contributed by atoms with Crippen molar-refractivity contribution in [2.24, 2.45) is 5.92 Å². The lowest BCUT2D eigenvalue weighted by atomic mass is 10.1. The van der Waals surface area contributed by atoms with E-state index in [4.69, 9.17) is 14.6 Å². The van der Waals surface area contributed by atoms with Crippen LogP contribution in [0.1, 0.15) is 45.9 Å². The first kappa shape index (κ1) is 25.9. The van der Waals surface area contributed by atoms with Gasteiger partial charge in [0.2, 0.25) is 5.88 Å². The predicted molar refractivity (Wildman–Crippen MR) is 137 cm³/mol. The predicted octanol–water partition coefficient (Wildman–Crippen LogP) is 5.47. The standard InChI is InChI=1S/C28H39N3O3/c1-6-27-26(18-30(22(4)5)17-24(32)20-33-19-21(2)3)28(34-25-15-11-8-12-16-25)31(29-27)23-13-9-7-10-14-23/h7-16,21-22,24,32H,6,17-20H2,1-5H3. The highest BCUT2D eigenvalue weighted by Crippen LogP contribution is 2.32. The first-order valence-corrected chi connectivity index (χ1v) is 12.3. The highest BCUT2D eigenvalue weighted by molar-refractivity contribution is 5.43. The number of aliphatic hydroxyl groups excluding tert-OH is 1. The second-order valence-corrected chi connectivity index (χ2v) is 9.35. The van der Waals surface area contributed by atoms with Crippen molar-refractivity contribution >= 4 is 0 Å². The van der Waals surface area contributed by atoms with E-state index in [-0.39, 0.29) is 6.04 Å². The second-order valence-electron chi connectivity index (χ2n) is 9.35. The fourth-order valence-electron chi connectivity index (χ4n) is 3.79. The number of hydrogen-bond acceptors (Lipinski definition) is 5. The molecule has 184 valence electrons.